The fraction of sp³-hybridized carbons (Fsp3) is 0.292. The summed E-state index contributed by atoms with van der Waals surface area (Å²) in [4.78, 5) is 18.4. The molecule has 6 nitrogen and oxygen atoms in total. The molecule has 2 aliphatic rings. The molecule has 2 aliphatic heterocycles. The number of esters is 1. The Balaban J connectivity index is 1.58. The van der Waals surface area contributed by atoms with Gasteiger partial charge in [0, 0.05) is 40.8 Å². The molecule has 1 aromatic heterocycles. The lowest BCUT2D eigenvalue weighted by molar-refractivity contribution is -0.00960. The van der Waals surface area contributed by atoms with Gasteiger partial charge in [-0.2, -0.15) is 0 Å². The van der Waals surface area contributed by atoms with Crippen molar-refractivity contribution in [3.8, 4) is 11.5 Å². The predicted octanol–water partition coefficient (Wildman–Crippen LogP) is 4.28. The van der Waals surface area contributed by atoms with Crippen molar-refractivity contribution in [3.63, 3.8) is 0 Å². The molecule has 30 heavy (non-hydrogen) atoms. The van der Waals surface area contributed by atoms with Gasteiger partial charge in [-0.05, 0) is 49.2 Å². The zero-order valence-electron chi connectivity index (χ0n) is 17.2. The van der Waals surface area contributed by atoms with E-state index in [-0.39, 0.29) is 18.8 Å². The third kappa shape index (κ3) is 2.87. The van der Waals surface area contributed by atoms with E-state index in [9.17, 15) is 4.79 Å². The summed E-state index contributed by atoms with van der Waals surface area (Å²) in [7, 11) is 1.69. The molecule has 154 valence electrons. The molecule has 0 fully saturated rings. The lowest BCUT2D eigenvalue weighted by atomic mass is 9.94. The van der Waals surface area contributed by atoms with Crippen LogP contribution in [0.5, 0.6) is 11.5 Å². The smallest absolute Gasteiger partial charge is 0.340 e. The number of hydrogen-bond acceptors (Lipinski definition) is 5. The monoisotopic (exact) mass is 404 g/mol. The van der Waals surface area contributed by atoms with Crippen molar-refractivity contribution < 1.29 is 19.0 Å². The van der Waals surface area contributed by atoms with Crippen LogP contribution in [-0.2, 0) is 17.7 Å². The Morgan fingerprint density at radius 3 is 3.03 bits per heavy atom. The van der Waals surface area contributed by atoms with Crippen LogP contribution in [-0.4, -0.2) is 36.1 Å². The Labute approximate surface area is 175 Å². The van der Waals surface area contributed by atoms with Gasteiger partial charge in [-0.15, -0.1) is 0 Å². The molecule has 0 aliphatic carbocycles. The maximum absolute atomic E-state index is 12.7. The van der Waals surface area contributed by atoms with E-state index >= 15 is 0 Å². The molecule has 0 spiro atoms. The van der Waals surface area contributed by atoms with Crippen molar-refractivity contribution in [3.05, 3.63) is 70.9 Å². The van der Waals surface area contributed by atoms with E-state index < -0.39 is 0 Å². The minimum Gasteiger partial charge on any atom is -0.497 e. The Morgan fingerprint density at radius 1 is 1.37 bits per heavy atom. The maximum Gasteiger partial charge on any atom is 0.340 e. The average Bonchev–Trinajstić information content (AvgIpc) is 3.12. The molecule has 2 aromatic carbocycles. The molecule has 0 saturated carbocycles. The zero-order chi connectivity index (χ0) is 20.8. The zero-order valence-corrected chi connectivity index (χ0v) is 17.2. The molecule has 6 heteroatoms. The van der Waals surface area contributed by atoms with Crippen LogP contribution >= 0.6 is 0 Å². The van der Waals surface area contributed by atoms with E-state index in [1.807, 2.05) is 25.1 Å². The van der Waals surface area contributed by atoms with Crippen LogP contribution < -0.4 is 9.47 Å². The number of rotatable bonds is 4. The van der Waals surface area contributed by atoms with Gasteiger partial charge in [0.25, 0.3) is 0 Å². The normalized spacial score (nSPS) is 17.5. The number of ether oxygens (including phenoxy) is 3. The Morgan fingerprint density at radius 2 is 2.23 bits per heavy atom. The molecule has 0 amide bonds. The van der Waals surface area contributed by atoms with Crippen LogP contribution in [0.15, 0.2) is 43.0 Å². The number of aromatic amines is 1. The fourth-order valence-electron chi connectivity index (χ4n) is 4.57. The van der Waals surface area contributed by atoms with Gasteiger partial charge in [0.05, 0.1) is 12.7 Å². The SMILES string of the molecule is C=CCOC(=O)c1c(C)[nH]c2ccc3c(c12)CN1CCc2cc(OC)ccc2C1O3. The first-order valence-corrected chi connectivity index (χ1v) is 10.1. The lowest BCUT2D eigenvalue weighted by Crippen LogP contribution is -2.40. The van der Waals surface area contributed by atoms with Gasteiger partial charge in [0.2, 0.25) is 0 Å². The van der Waals surface area contributed by atoms with Crippen LogP contribution in [0.4, 0.5) is 0 Å². The first kappa shape index (κ1) is 18.8. The van der Waals surface area contributed by atoms with Crippen molar-refractivity contribution in [2.45, 2.75) is 26.1 Å². The van der Waals surface area contributed by atoms with Crippen LogP contribution in [0.2, 0.25) is 0 Å². The Kier molecular flexibility index (Phi) is 4.51. The predicted molar refractivity (Wildman–Crippen MR) is 114 cm³/mol. The van der Waals surface area contributed by atoms with Crippen molar-refractivity contribution in [1.82, 2.24) is 9.88 Å². The largest absolute Gasteiger partial charge is 0.497 e. The molecular formula is C24H24N2O4. The number of carbonyl (C=O) groups excluding carboxylic acids is 1. The van der Waals surface area contributed by atoms with Crippen LogP contribution in [0, 0.1) is 6.92 Å². The summed E-state index contributed by atoms with van der Waals surface area (Å²) >= 11 is 0. The number of hydrogen-bond donors (Lipinski definition) is 1. The lowest BCUT2D eigenvalue weighted by Gasteiger charge is -2.41. The van der Waals surface area contributed by atoms with E-state index in [4.69, 9.17) is 14.2 Å². The first-order chi connectivity index (χ1) is 14.6. The van der Waals surface area contributed by atoms with Gasteiger partial charge in [0.15, 0.2) is 6.23 Å². The van der Waals surface area contributed by atoms with E-state index in [0.29, 0.717) is 12.1 Å². The van der Waals surface area contributed by atoms with Gasteiger partial charge in [-0.25, -0.2) is 4.79 Å². The number of fused-ring (bicyclic) bond motifs is 6. The standard InChI is InChI=1S/C24H24N2O4/c1-4-11-29-24(27)21-14(2)25-19-7-8-20-18(22(19)21)13-26-10-9-15-12-16(28-3)5-6-17(15)23(26)30-20/h4-8,12,23,25H,1,9-11,13H2,2-3H3. The van der Waals surface area contributed by atoms with Gasteiger partial charge < -0.3 is 19.2 Å². The number of carbonyl (C=O) groups is 1. The molecule has 1 atom stereocenters. The van der Waals surface area contributed by atoms with Crippen molar-refractivity contribution in [2.24, 2.45) is 0 Å². The molecular weight excluding hydrogens is 380 g/mol. The van der Waals surface area contributed by atoms with Crippen LogP contribution in [0.3, 0.4) is 0 Å². The minimum atomic E-state index is -0.342. The van der Waals surface area contributed by atoms with Crippen LogP contribution in [0.25, 0.3) is 10.9 Å². The molecule has 5 rings (SSSR count). The number of aryl methyl sites for hydroxylation is 1. The van der Waals surface area contributed by atoms with E-state index in [0.717, 1.165) is 46.6 Å². The second kappa shape index (κ2) is 7.22. The number of nitrogens with one attached hydrogen (secondary N) is 1. The Hall–Kier alpha value is -3.25. The number of H-pyrrole nitrogens is 1. The third-order valence-corrected chi connectivity index (χ3v) is 5.97. The number of methoxy groups -OCH3 is 1. The summed E-state index contributed by atoms with van der Waals surface area (Å²) in [6, 6.07) is 10.1. The quantitative estimate of drug-likeness (QED) is 0.520. The summed E-state index contributed by atoms with van der Waals surface area (Å²) in [6.45, 7) is 7.29. The number of aromatic nitrogens is 1. The van der Waals surface area contributed by atoms with Gasteiger partial charge in [-0.1, -0.05) is 12.7 Å². The second-order valence-corrected chi connectivity index (χ2v) is 7.73. The van der Waals surface area contributed by atoms with Crippen molar-refractivity contribution in [2.75, 3.05) is 20.3 Å². The molecule has 3 heterocycles. The summed E-state index contributed by atoms with van der Waals surface area (Å²) in [5, 5.41) is 0.887. The third-order valence-electron chi connectivity index (χ3n) is 5.97. The molecule has 0 bridgehead atoms. The highest BCUT2D eigenvalue weighted by atomic mass is 16.5. The maximum atomic E-state index is 12.7. The molecule has 1 unspecified atom stereocenters. The molecule has 0 saturated heterocycles. The fourth-order valence-corrected chi connectivity index (χ4v) is 4.57. The van der Waals surface area contributed by atoms with E-state index in [1.54, 1.807) is 13.2 Å². The van der Waals surface area contributed by atoms with Crippen molar-refractivity contribution >= 4 is 16.9 Å². The van der Waals surface area contributed by atoms with Gasteiger partial charge in [0.1, 0.15) is 18.1 Å². The van der Waals surface area contributed by atoms with Crippen LogP contribution in [0.1, 0.15) is 39.0 Å². The van der Waals surface area contributed by atoms with Gasteiger partial charge in [-0.3, -0.25) is 4.90 Å². The highest BCUT2D eigenvalue weighted by Crippen LogP contribution is 2.43. The highest BCUT2D eigenvalue weighted by molar-refractivity contribution is 6.07. The van der Waals surface area contributed by atoms with E-state index in [1.165, 1.54) is 11.1 Å². The minimum absolute atomic E-state index is 0.138. The first-order valence-electron chi connectivity index (χ1n) is 10.1. The van der Waals surface area contributed by atoms with Gasteiger partial charge >= 0.3 is 5.97 Å². The molecule has 0 radical (unpaired) electrons. The summed E-state index contributed by atoms with van der Waals surface area (Å²) in [5.41, 5.74) is 5.74. The Bertz CT molecular complexity index is 1160. The average molecular weight is 404 g/mol. The summed E-state index contributed by atoms with van der Waals surface area (Å²) < 4.78 is 17.2. The molecule has 1 N–H and O–H groups in total. The summed E-state index contributed by atoms with van der Waals surface area (Å²) in [6.07, 6.45) is 2.37. The topological polar surface area (TPSA) is 63.8 Å². The van der Waals surface area contributed by atoms with Crippen molar-refractivity contribution in [1.29, 1.82) is 0 Å². The molecule has 3 aromatic rings. The second-order valence-electron chi connectivity index (χ2n) is 7.73. The van der Waals surface area contributed by atoms with E-state index in [2.05, 4.69) is 28.6 Å². The summed E-state index contributed by atoms with van der Waals surface area (Å²) in [5.74, 6) is 1.33. The number of nitrogens with zero attached hydrogens (tertiary/aromatic N) is 1. The number of benzene rings is 2. The highest BCUT2D eigenvalue weighted by Gasteiger charge is 2.35.